The average molecular weight is 378 g/mol. The molecule has 6 heteroatoms. The lowest BCUT2D eigenvalue weighted by Crippen LogP contribution is -2.25. The van der Waals surface area contributed by atoms with Gasteiger partial charge in [-0.05, 0) is 45.4 Å². The highest BCUT2D eigenvalue weighted by atomic mass is 79.9. The van der Waals surface area contributed by atoms with Gasteiger partial charge in [0.05, 0.1) is 19.1 Å². The molecule has 0 saturated carbocycles. The largest absolute Gasteiger partial charge is 0.466 e. The molecule has 0 aliphatic carbocycles. The summed E-state index contributed by atoms with van der Waals surface area (Å²) in [5.74, 6) is -0.593. The van der Waals surface area contributed by atoms with Crippen LogP contribution in [0.3, 0.4) is 0 Å². The molecule has 0 aliphatic rings. The minimum atomic E-state index is -0.316. The zero-order chi connectivity index (χ0) is 16.0. The molecule has 0 spiro atoms. The molecule has 1 aromatic carbocycles. The number of carbonyl (C=O) groups excluding carboxylic acids is 1. The third-order valence-electron chi connectivity index (χ3n) is 2.52. The summed E-state index contributed by atoms with van der Waals surface area (Å²) >= 11 is 4.89. The number of halogens is 2. The lowest BCUT2D eigenvalue weighted by molar-refractivity contribution is -0.143. The Bertz CT molecular complexity index is 491. The van der Waals surface area contributed by atoms with Crippen LogP contribution >= 0.6 is 27.9 Å². The number of ether oxygens (including phenoxy) is 1. The summed E-state index contributed by atoms with van der Waals surface area (Å²) in [4.78, 5) is 11.8. The molecule has 21 heavy (non-hydrogen) atoms. The maximum atomic E-state index is 13.2. The fourth-order valence-corrected chi connectivity index (χ4v) is 2.97. The van der Waals surface area contributed by atoms with Crippen LogP contribution in [0.1, 0.15) is 45.7 Å². The Morgan fingerprint density at radius 2 is 2.14 bits per heavy atom. The minimum absolute atomic E-state index is 0.000578. The van der Waals surface area contributed by atoms with Gasteiger partial charge in [-0.3, -0.25) is 9.52 Å². The van der Waals surface area contributed by atoms with E-state index in [1.54, 1.807) is 13.0 Å². The van der Waals surface area contributed by atoms with Crippen LogP contribution in [-0.4, -0.2) is 17.3 Å². The molecule has 0 aliphatic heterocycles. The third kappa shape index (κ3) is 6.80. The Kier molecular flexibility index (Phi) is 7.16. The Morgan fingerprint density at radius 1 is 1.48 bits per heavy atom. The Hall–Kier alpha value is -0.590. The van der Waals surface area contributed by atoms with E-state index in [0.717, 1.165) is 5.56 Å². The summed E-state index contributed by atoms with van der Waals surface area (Å²) in [6.45, 7) is 8.35. The van der Waals surface area contributed by atoms with E-state index >= 15 is 0 Å². The molecule has 0 amide bonds. The lowest BCUT2D eigenvalue weighted by Gasteiger charge is -2.24. The molecular formula is C15H21BrFNO2S. The van der Waals surface area contributed by atoms with Crippen molar-refractivity contribution in [2.24, 2.45) is 0 Å². The highest BCUT2D eigenvalue weighted by molar-refractivity contribution is 9.10. The number of hydrogen-bond donors (Lipinski definition) is 1. The summed E-state index contributed by atoms with van der Waals surface area (Å²) in [5.41, 5.74) is 0.834. The van der Waals surface area contributed by atoms with E-state index in [9.17, 15) is 9.18 Å². The van der Waals surface area contributed by atoms with E-state index < -0.39 is 0 Å². The van der Waals surface area contributed by atoms with E-state index in [2.05, 4.69) is 41.4 Å². The molecule has 1 aromatic rings. The van der Waals surface area contributed by atoms with Gasteiger partial charge in [0.2, 0.25) is 0 Å². The Labute approximate surface area is 138 Å². The van der Waals surface area contributed by atoms with Crippen LogP contribution in [0.25, 0.3) is 0 Å². The SMILES string of the molecule is CCOC(=O)C[C@@H](NSC(C)(C)C)c1ccc(F)cc1Br. The second-order valence-corrected chi connectivity index (χ2v) is 8.08. The number of esters is 1. The molecule has 0 radical (unpaired) electrons. The number of carbonyl (C=O) groups is 1. The van der Waals surface area contributed by atoms with Gasteiger partial charge in [0.1, 0.15) is 5.82 Å². The monoisotopic (exact) mass is 377 g/mol. The summed E-state index contributed by atoms with van der Waals surface area (Å²) < 4.78 is 22.2. The first-order valence-corrected chi connectivity index (χ1v) is 8.38. The first kappa shape index (κ1) is 18.5. The van der Waals surface area contributed by atoms with Gasteiger partial charge in [0.25, 0.3) is 0 Å². The second kappa shape index (κ2) is 8.15. The molecule has 0 heterocycles. The first-order chi connectivity index (χ1) is 9.73. The summed E-state index contributed by atoms with van der Waals surface area (Å²) in [7, 11) is 0. The predicted octanol–water partition coefficient (Wildman–Crippen LogP) is 4.62. The van der Waals surface area contributed by atoms with E-state index in [-0.39, 0.29) is 29.0 Å². The summed E-state index contributed by atoms with van der Waals surface area (Å²) in [6.07, 6.45) is 0.196. The van der Waals surface area contributed by atoms with Crippen molar-refractivity contribution >= 4 is 33.8 Å². The molecule has 0 aromatic heterocycles. The van der Waals surface area contributed by atoms with E-state index in [4.69, 9.17) is 4.74 Å². The van der Waals surface area contributed by atoms with Crippen LogP contribution < -0.4 is 4.72 Å². The molecule has 0 unspecified atom stereocenters. The van der Waals surface area contributed by atoms with Crippen molar-refractivity contribution in [3.63, 3.8) is 0 Å². The van der Waals surface area contributed by atoms with Crippen molar-refractivity contribution in [2.45, 2.75) is 44.9 Å². The Balaban J connectivity index is 2.91. The summed E-state index contributed by atoms with van der Waals surface area (Å²) in [5, 5.41) is 0. The lowest BCUT2D eigenvalue weighted by atomic mass is 10.0. The highest BCUT2D eigenvalue weighted by Gasteiger charge is 2.22. The number of benzene rings is 1. The van der Waals surface area contributed by atoms with Crippen molar-refractivity contribution in [1.29, 1.82) is 0 Å². The topological polar surface area (TPSA) is 38.3 Å². The molecule has 0 bridgehead atoms. The van der Waals surface area contributed by atoms with Crippen molar-refractivity contribution in [3.8, 4) is 0 Å². The van der Waals surface area contributed by atoms with Crippen molar-refractivity contribution < 1.29 is 13.9 Å². The standard InChI is InChI=1S/C15H21BrFNO2S/c1-5-20-14(19)9-13(18-21-15(2,3)4)11-7-6-10(17)8-12(11)16/h6-8,13,18H,5,9H2,1-4H3/t13-/m1/s1. The van der Waals surface area contributed by atoms with Crippen LogP contribution in [0.2, 0.25) is 0 Å². The second-order valence-electron chi connectivity index (χ2n) is 5.56. The number of hydrogen-bond acceptors (Lipinski definition) is 4. The van der Waals surface area contributed by atoms with Gasteiger partial charge in [-0.1, -0.05) is 33.9 Å². The maximum absolute atomic E-state index is 13.2. The number of nitrogens with one attached hydrogen (secondary N) is 1. The predicted molar refractivity (Wildman–Crippen MR) is 88.6 cm³/mol. The van der Waals surface area contributed by atoms with Gasteiger partial charge in [-0.25, -0.2) is 4.39 Å². The molecule has 1 N–H and O–H groups in total. The third-order valence-corrected chi connectivity index (χ3v) is 4.22. The van der Waals surface area contributed by atoms with Crippen LogP contribution in [0.15, 0.2) is 22.7 Å². The van der Waals surface area contributed by atoms with Crippen LogP contribution in [0.4, 0.5) is 4.39 Å². The molecule has 0 saturated heterocycles. The molecule has 1 atom stereocenters. The number of rotatable bonds is 6. The zero-order valence-corrected chi connectivity index (χ0v) is 15.1. The fourth-order valence-electron chi connectivity index (χ4n) is 1.63. The van der Waals surface area contributed by atoms with Crippen molar-refractivity contribution in [1.82, 2.24) is 4.72 Å². The fraction of sp³-hybridized carbons (Fsp3) is 0.533. The molecule has 1 rings (SSSR count). The Morgan fingerprint density at radius 3 is 2.67 bits per heavy atom. The first-order valence-electron chi connectivity index (χ1n) is 6.77. The molecule has 118 valence electrons. The van der Waals surface area contributed by atoms with Gasteiger partial charge in [0.15, 0.2) is 0 Å². The highest BCUT2D eigenvalue weighted by Crippen LogP contribution is 2.31. The van der Waals surface area contributed by atoms with Gasteiger partial charge < -0.3 is 4.74 Å². The molecule has 0 fully saturated rings. The maximum Gasteiger partial charge on any atom is 0.307 e. The summed E-state index contributed by atoms with van der Waals surface area (Å²) in [6, 6.07) is 4.22. The molecule has 3 nitrogen and oxygen atoms in total. The smallest absolute Gasteiger partial charge is 0.307 e. The van der Waals surface area contributed by atoms with Gasteiger partial charge >= 0.3 is 5.97 Å². The quantitative estimate of drug-likeness (QED) is 0.579. The normalized spacial score (nSPS) is 13.0. The van der Waals surface area contributed by atoms with Gasteiger partial charge in [-0.2, -0.15) is 0 Å². The van der Waals surface area contributed by atoms with E-state index in [1.165, 1.54) is 24.1 Å². The van der Waals surface area contributed by atoms with Crippen LogP contribution in [-0.2, 0) is 9.53 Å². The van der Waals surface area contributed by atoms with Crippen molar-refractivity contribution in [3.05, 3.63) is 34.1 Å². The average Bonchev–Trinajstić information content (AvgIpc) is 2.34. The van der Waals surface area contributed by atoms with Crippen LogP contribution in [0, 0.1) is 5.82 Å². The van der Waals surface area contributed by atoms with E-state index in [1.807, 2.05) is 0 Å². The zero-order valence-electron chi connectivity index (χ0n) is 12.7. The van der Waals surface area contributed by atoms with Crippen molar-refractivity contribution in [2.75, 3.05) is 6.61 Å². The van der Waals surface area contributed by atoms with Crippen LogP contribution in [0.5, 0.6) is 0 Å². The van der Waals surface area contributed by atoms with E-state index in [0.29, 0.717) is 11.1 Å². The van der Waals surface area contributed by atoms with Gasteiger partial charge in [-0.15, -0.1) is 0 Å². The minimum Gasteiger partial charge on any atom is -0.466 e. The molecular weight excluding hydrogens is 357 g/mol. The van der Waals surface area contributed by atoms with Gasteiger partial charge in [0, 0.05) is 9.22 Å².